The molecular formula is C30H44N2O6. The van der Waals surface area contributed by atoms with Crippen LogP contribution in [0.25, 0.3) is 21.9 Å². The van der Waals surface area contributed by atoms with E-state index in [4.69, 9.17) is 13.9 Å². The molecule has 1 atom stereocenters. The molecule has 0 fully saturated rings. The number of fused-ring (bicyclic) bond motifs is 3. The smallest absolute Gasteiger partial charge is 0.278 e. The number of nitrogens with zero attached hydrogens (tertiary/aromatic N) is 2. The van der Waals surface area contributed by atoms with Crippen LogP contribution >= 0.6 is 0 Å². The lowest BCUT2D eigenvalue weighted by Crippen LogP contribution is -2.24. The second kappa shape index (κ2) is 16.7. The van der Waals surface area contributed by atoms with E-state index >= 15 is 0 Å². The first-order valence-corrected chi connectivity index (χ1v) is 13.9. The first-order valence-electron chi connectivity index (χ1n) is 13.9. The Kier molecular flexibility index (Phi) is 13.6. The van der Waals surface area contributed by atoms with Crippen molar-refractivity contribution in [1.29, 1.82) is 0 Å². The van der Waals surface area contributed by atoms with Gasteiger partial charge in [0.05, 0.1) is 29.3 Å². The molecule has 2 aromatic carbocycles. The van der Waals surface area contributed by atoms with Crippen LogP contribution in [0, 0.1) is 10.1 Å². The third-order valence-electron chi connectivity index (χ3n) is 6.64. The number of rotatable bonds is 16. The molecular weight excluding hydrogens is 484 g/mol. The zero-order valence-corrected chi connectivity index (χ0v) is 23.7. The molecule has 0 radical (unpaired) electrons. The Bertz CT molecular complexity index is 1130. The van der Waals surface area contributed by atoms with Gasteiger partial charge in [-0.3, -0.25) is 14.9 Å². The van der Waals surface area contributed by atoms with Crippen molar-refractivity contribution in [2.45, 2.75) is 85.2 Å². The summed E-state index contributed by atoms with van der Waals surface area (Å²) >= 11 is 0. The zero-order valence-electron chi connectivity index (χ0n) is 23.7. The summed E-state index contributed by atoms with van der Waals surface area (Å²) in [6.45, 7) is 10.6. The summed E-state index contributed by atoms with van der Waals surface area (Å²) < 4.78 is 16.5. The Labute approximate surface area is 226 Å². The number of methoxy groups -OCH3 is 1. The fourth-order valence-electron chi connectivity index (χ4n) is 4.38. The van der Waals surface area contributed by atoms with E-state index in [1.807, 2.05) is 24.0 Å². The number of hydrogen-bond donors (Lipinski definition) is 0. The monoisotopic (exact) mass is 528 g/mol. The Balaban J connectivity index is 0.000000296. The summed E-state index contributed by atoms with van der Waals surface area (Å²) in [5.74, 6) is 0.707. The van der Waals surface area contributed by atoms with Crippen LogP contribution in [0.1, 0.15) is 90.7 Å². The quantitative estimate of drug-likeness (QED) is 0.0804. The largest absolute Gasteiger partial charge is 0.494 e. The number of hydrogen-bond acceptors (Lipinski definition) is 6. The normalized spacial score (nSPS) is 11.7. The van der Waals surface area contributed by atoms with Gasteiger partial charge in [0.25, 0.3) is 5.69 Å². The molecule has 0 saturated heterocycles. The predicted octanol–water partition coefficient (Wildman–Crippen LogP) is 8.21. The topological polar surface area (TPSA) is 95.1 Å². The molecule has 0 spiro atoms. The highest BCUT2D eigenvalue weighted by atomic mass is 16.6. The van der Waals surface area contributed by atoms with Gasteiger partial charge in [0, 0.05) is 37.0 Å². The molecule has 0 aliphatic rings. The van der Waals surface area contributed by atoms with Crippen LogP contribution in [0.4, 0.5) is 5.69 Å². The molecule has 38 heavy (non-hydrogen) atoms. The number of ether oxygens (including phenoxy) is 2. The maximum Gasteiger partial charge on any atom is 0.278 e. The van der Waals surface area contributed by atoms with Gasteiger partial charge < -0.3 is 18.8 Å². The van der Waals surface area contributed by atoms with Crippen LogP contribution in [0.15, 0.2) is 34.7 Å². The van der Waals surface area contributed by atoms with Gasteiger partial charge in [-0.25, -0.2) is 0 Å². The highest BCUT2D eigenvalue weighted by molar-refractivity contribution is 6.06. The molecule has 0 bridgehead atoms. The summed E-state index contributed by atoms with van der Waals surface area (Å²) in [4.78, 5) is 23.6. The summed E-state index contributed by atoms with van der Waals surface area (Å²) in [6.07, 6.45) is 10.6. The Hall–Kier alpha value is -3.13. The number of carbonyl (C=O) groups is 1. The minimum absolute atomic E-state index is 0.00376. The highest BCUT2D eigenvalue weighted by Crippen LogP contribution is 2.37. The summed E-state index contributed by atoms with van der Waals surface area (Å²) in [7, 11) is 1.53. The molecule has 3 rings (SSSR count). The van der Waals surface area contributed by atoms with E-state index in [0.717, 1.165) is 30.3 Å². The third kappa shape index (κ3) is 9.01. The van der Waals surface area contributed by atoms with Crippen molar-refractivity contribution in [1.82, 2.24) is 4.90 Å². The Morgan fingerprint density at radius 1 is 0.947 bits per heavy atom. The molecule has 0 N–H and O–H groups in total. The molecule has 8 heteroatoms. The second-order valence-corrected chi connectivity index (χ2v) is 9.50. The van der Waals surface area contributed by atoms with E-state index in [2.05, 4.69) is 13.8 Å². The van der Waals surface area contributed by atoms with Gasteiger partial charge >= 0.3 is 0 Å². The zero-order chi connectivity index (χ0) is 27.9. The molecule has 0 aliphatic heterocycles. The molecule has 1 unspecified atom stereocenters. The molecule has 1 aromatic heterocycles. The van der Waals surface area contributed by atoms with Crippen LogP contribution in [0.3, 0.4) is 0 Å². The number of nitro benzene ring substituents is 1. The number of benzene rings is 2. The van der Waals surface area contributed by atoms with Crippen LogP contribution in [0.2, 0.25) is 0 Å². The van der Waals surface area contributed by atoms with E-state index in [9.17, 15) is 14.9 Å². The molecule has 0 aliphatic carbocycles. The number of unbranched alkanes of at least 4 members (excludes halogenated alkanes) is 6. The van der Waals surface area contributed by atoms with E-state index in [1.54, 1.807) is 19.1 Å². The fourth-order valence-corrected chi connectivity index (χ4v) is 4.38. The molecule has 8 nitrogen and oxygen atoms in total. The van der Waals surface area contributed by atoms with Crippen LogP contribution in [-0.4, -0.2) is 43.0 Å². The van der Waals surface area contributed by atoms with E-state index in [1.165, 1.54) is 64.5 Å². The maximum absolute atomic E-state index is 11.3. The van der Waals surface area contributed by atoms with Crippen molar-refractivity contribution in [3.63, 3.8) is 0 Å². The molecule has 1 heterocycles. The predicted molar refractivity (Wildman–Crippen MR) is 153 cm³/mol. The van der Waals surface area contributed by atoms with Crippen LogP contribution in [0.5, 0.6) is 5.75 Å². The lowest BCUT2D eigenvalue weighted by atomic mass is 10.0. The molecule has 3 aromatic rings. The molecule has 1 amide bonds. The van der Waals surface area contributed by atoms with E-state index in [0.29, 0.717) is 29.1 Å². The average molecular weight is 529 g/mol. The van der Waals surface area contributed by atoms with E-state index < -0.39 is 4.92 Å². The van der Waals surface area contributed by atoms with Gasteiger partial charge in [0.1, 0.15) is 16.9 Å². The van der Waals surface area contributed by atoms with E-state index in [-0.39, 0.29) is 11.8 Å². The van der Waals surface area contributed by atoms with Gasteiger partial charge in [-0.05, 0) is 44.9 Å². The fraction of sp³-hybridized carbons (Fsp3) is 0.567. The first kappa shape index (κ1) is 31.1. The van der Waals surface area contributed by atoms with Crippen molar-refractivity contribution in [2.75, 3.05) is 26.8 Å². The van der Waals surface area contributed by atoms with Gasteiger partial charge in [0.15, 0.2) is 0 Å². The van der Waals surface area contributed by atoms with Crippen LogP contribution in [-0.2, 0) is 9.53 Å². The lowest BCUT2D eigenvalue weighted by molar-refractivity contribution is -0.386. The summed E-state index contributed by atoms with van der Waals surface area (Å²) in [5.41, 5.74) is 1.65. The van der Waals surface area contributed by atoms with Crippen molar-refractivity contribution >= 4 is 34.0 Å². The second-order valence-electron chi connectivity index (χ2n) is 9.50. The summed E-state index contributed by atoms with van der Waals surface area (Å²) in [6, 6.07) is 8.79. The minimum atomic E-state index is -0.414. The Morgan fingerprint density at radius 3 is 2.11 bits per heavy atom. The van der Waals surface area contributed by atoms with Crippen LogP contribution < -0.4 is 4.74 Å². The lowest BCUT2D eigenvalue weighted by Gasteiger charge is -2.16. The number of amides is 1. The number of carbonyl (C=O) groups excluding carboxylic acids is 1. The maximum atomic E-state index is 11.3. The van der Waals surface area contributed by atoms with Gasteiger partial charge in [-0.1, -0.05) is 52.4 Å². The highest BCUT2D eigenvalue weighted by Gasteiger charge is 2.22. The SMILES string of the molecule is CCCCCCN(C=O)CCCCCC.CCOc1ccc2c(c1)oc1cc([N+](=O)[O-])c(C(C)OC)cc12. The third-order valence-corrected chi connectivity index (χ3v) is 6.64. The standard InChI is InChI=1S/C17H17NO5.C13H27NO/c1-4-22-11-5-6-12-14-8-13(10(2)21-3)15(18(19)20)9-17(14)23-16(12)7-11;1-3-5-7-9-11-14(13-15)12-10-8-6-4-2/h5-10H,4H2,1-3H3;13H,3-12H2,1-2H3. The van der Waals surface area contributed by atoms with Gasteiger partial charge in [-0.2, -0.15) is 0 Å². The average Bonchev–Trinajstić information content (AvgIpc) is 3.28. The number of nitro groups is 1. The molecule has 210 valence electrons. The van der Waals surface area contributed by atoms with Crippen molar-refractivity contribution in [2.24, 2.45) is 0 Å². The molecule has 0 saturated carbocycles. The van der Waals surface area contributed by atoms with Gasteiger partial charge in [0.2, 0.25) is 6.41 Å². The van der Waals surface area contributed by atoms with Crippen molar-refractivity contribution < 1.29 is 23.6 Å². The first-order chi connectivity index (χ1) is 18.4. The number of furan rings is 1. The summed E-state index contributed by atoms with van der Waals surface area (Å²) in [5, 5.41) is 13.0. The van der Waals surface area contributed by atoms with Gasteiger partial charge in [-0.15, -0.1) is 0 Å². The minimum Gasteiger partial charge on any atom is -0.494 e. The Morgan fingerprint density at radius 2 is 1.58 bits per heavy atom. The van der Waals surface area contributed by atoms with Crippen molar-refractivity contribution in [3.8, 4) is 5.75 Å². The van der Waals surface area contributed by atoms with Crippen molar-refractivity contribution in [3.05, 3.63) is 46.0 Å².